The molecule has 1 fully saturated rings. The maximum atomic E-state index is 10.5. The molecule has 1 rings (SSSR count). The highest BCUT2D eigenvalue weighted by Gasteiger charge is 2.25. The van der Waals surface area contributed by atoms with E-state index in [-0.39, 0.29) is 12.5 Å². The average molecular weight is 183 g/mol. The second kappa shape index (κ2) is 4.42. The predicted octanol–water partition coefficient (Wildman–Crippen LogP) is 1.50. The van der Waals surface area contributed by atoms with E-state index in [1.807, 2.05) is 6.92 Å². The summed E-state index contributed by atoms with van der Waals surface area (Å²) in [4.78, 5) is 12.8. The smallest absolute Gasteiger partial charge is 0.304 e. The van der Waals surface area contributed by atoms with Crippen molar-refractivity contribution in [3.8, 4) is 0 Å². The molecule has 1 heterocycles. The van der Waals surface area contributed by atoms with E-state index in [0.29, 0.717) is 0 Å². The molecule has 0 aliphatic carbocycles. The van der Waals surface area contributed by atoms with E-state index in [2.05, 4.69) is 11.5 Å². The predicted molar refractivity (Wildman–Crippen MR) is 51.7 cm³/mol. The zero-order valence-electron chi connectivity index (χ0n) is 8.12. The van der Waals surface area contributed by atoms with Crippen LogP contribution >= 0.6 is 0 Å². The Bertz CT molecular complexity index is 191. The van der Waals surface area contributed by atoms with Crippen molar-refractivity contribution in [2.45, 2.75) is 32.2 Å². The van der Waals surface area contributed by atoms with Crippen LogP contribution in [-0.4, -0.2) is 35.1 Å². The number of nitrogens with zero attached hydrogens (tertiary/aromatic N) is 1. The lowest BCUT2D eigenvalue weighted by Gasteiger charge is -2.22. The van der Waals surface area contributed by atoms with Gasteiger partial charge in [-0.2, -0.15) is 0 Å². The Labute approximate surface area is 79.0 Å². The molecule has 13 heavy (non-hydrogen) atoms. The number of carbonyl (C=O) groups is 1. The fourth-order valence-electron chi connectivity index (χ4n) is 1.88. The molecule has 1 N–H and O–H groups in total. The van der Waals surface area contributed by atoms with Gasteiger partial charge in [-0.25, -0.2) is 0 Å². The Kier molecular flexibility index (Phi) is 3.48. The molecule has 0 aromatic heterocycles. The quantitative estimate of drug-likeness (QED) is 0.671. The van der Waals surface area contributed by atoms with E-state index in [1.165, 1.54) is 0 Å². The summed E-state index contributed by atoms with van der Waals surface area (Å²) in [6.45, 7) is 7.69. The summed E-state index contributed by atoms with van der Waals surface area (Å²) in [6, 6.07) is 0.231. The Morgan fingerprint density at radius 3 is 2.92 bits per heavy atom. The first-order valence-electron chi connectivity index (χ1n) is 4.70. The average Bonchev–Trinajstić information content (AvgIpc) is 2.34. The molecule has 0 saturated carbocycles. The summed E-state index contributed by atoms with van der Waals surface area (Å²) >= 11 is 0. The summed E-state index contributed by atoms with van der Waals surface area (Å²) in [5.74, 6) is -0.696. The van der Waals surface area contributed by atoms with Crippen LogP contribution in [0.5, 0.6) is 0 Å². The van der Waals surface area contributed by atoms with Gasteiger partial charge in [0.2, 0.25) is 0 Å². The molecule has 1 unspecified atom stereocenters. The van der Waals surface area contributed by atoms with Gasteiger partial charge in [0.15, 0.2) is 0 Å². The van der Waals surface area contributed by atoms with Gasteiger partial charge < -0.3 is 5.11 Å². The van der Waals surface area contributed by atoms with Crippen molar-refractivity contribution in [3.05, 3.63) is 12.2 Å². The second-order valence-electron chi connectivity index (χ2n) is 3.82. The maximum absolute atomic E-state index is 10.5. The molecule has 0 aromatic rings. The molecule has 0 bridgehead atoms. The molecule has 1 aliphatic rings. The minimum atomic E-state index is -0.696. The van der Waals surface area contributed by atoms with E-state index >= 15 is 0 Å². The topological polar surface area (TPSA) is 40.5 Å². The zero-order chi connectivity index (χ0) is 9.84. The number of carboxylic acids is 1. The summed E-state index contributed by atoms with van der Waals surface area (Å²) in [7, 11) is 0. The van der Waals surface area contributed by atoms with Crippen molar-refractivity contribution in [2.75, 3.05) is 13.1 Å². The molecule has 1 aliphatic heterocycles. The Balaban J connectivity index is 2.43. The number of hydrogen-bond donors (Lipinski definition) is 1. The lowest BCUT2D eigenvalue weighted by molar-refractivity contribution is -0.138. The third-order valence-electron chi connectivity index (χ3n) is 2.38. The van der Waals surface area contributed by atoms with Crippen LogP contribution in [0.2, 0.25) is 0 Å². The summed E-state index contributed by atoms with van der Waals surface area (Å²) in [5, 5.41) is 8.68. The van der Waals surface area contributed by atoms with E-state index in [4.69, 9.17) is 5.11 Å². The SMILES string of the molecule is C=C(C)CN1CCCC1CC(=O)O. The van der Waals surface area contributed by atoms with Crippen LogP contribution in [0, 0.1) is 0 Å². The van der Waals surface area contributed by atoms with Gasteiger partial charge in [-0.05, 0) is 26.3 Å². The Morgan fingerprint density at radius 2 is 2.38 bits per heavy atom. The number of carboxylic acid groups (broad SMARTS) is 1. The third kappa shape index (κ3) is 3.19. The normalized spacial score (nSPS) is 23.3. The van der Waals surface area contributed by atoms with Crippen LogP contribution in [0.3, 0.4) is 0 Å². The standard InChI is InChI=1S/C10H17NO2/c1-8(2)7-11-5-3-4-9(11)6-10(12)13/h9H,1,3-7H2,2H3,(H,12,13). The van der Waals surface area contributed by atoms with E-state index < -0.39 is 5.97 Å². The summed E-state index contributed by atoms with van der Waals surface area (Å²) in [5.41, 5.74) is 1.11. The van der Waals surface area contributed by atoms with Crippen molar-refractivity contribution in [1.82, 2.24) is 4.90 Å². The second-order valence-corrected chi connectivity index (χ2v) is 3.82. The highest BCUT2D eigenvalue weighted by molar-refractivity contribution is 5.67. The molecule has 0 spiro atoms. The monoisotopic (exact) mass is 183 g/mol. The van der Waals surface area contributed by atoms with Gasteiger partial charge in [-0.15, -0.1) is 0 Å². The van der Waals surface area contributed by atoms with Gasteiger partial charge in [0.05, 0.1) is 6.42 Å². The van der Waals surface area contributed by atoms with E-state index in [9.17, 15) is 4.79 Å². The van der Waals surface area contributed by atoms with Crippen LogP contribution in [0.4, 0.5) is 0 Å². The van der Waals surface area contributed by atoms with Crippen LogP contribution in [0.1, 0.15) is 26.2 Å². The third-order valence-corrected chi connectivity index (χ3v) is 2.38. The Hall–Kier alpha value is -0.830. The van der Waals surface area contributed by atoms with Crippen molar-refractivity contribution in [3.63, 3.8) is 0 Å². The minimum Gasteiger partial charge on any atom is -0.481 e. The molecular formula is C10H17NO2. The fourth-order valence-corrected chi connectivity index (χ4v) is 1.88. The van der Waals surface area contributed by atoms with Gasteiger partial charge >= 0.3 is 5.97 Å². The molecule has 1 atom stereocenters. The molecule has 0 radical (unpaired) electrons. The molecular weight excluding hydrogens is 166 g/mol. The zero-order valence-corrected chi connectivity index (χ0v) is 8.12. The molecule has 0 aromatic carbocycles. The van der Waals surface area contributed by atoms with Crippen molar-refractivity contribution in [1.29, 1.82) is 0 Å². The van der Waals surface area contributed by atoms with Crippen molar-refractivity contribution >= 4 is 5.97 Å². The summed E-state index contributed by atoms with van der Waals surface area (Å²) in [6.07, 6.45) is 2.40. The molecule has 0 amide bonds. The summed E-state index contributed by atoms with van der Waals surface area (Å²) < 4.78 is 0. The first-order chi connectivity index (χ1) is 6.09. The largest absolute Gasteiger partial charge is 0.481 e. The number of rotatable bonds is 4. The van der Waals surface area contributed by atoms with E-state index in [0.717, 1.165) is 31.5 Å². The fraction of sp³-hybridized carbons (Fsp3) is 0.700. The number of likely N-dealkylation sites (tertiary alicyclic amines) is 1. The highest BCUT2D eigenvalue weighted by Crippen LogP contribution is 2.20. The maximum Gasteiger partial charge on any atom is 0.304 e. The van der Waals surface area contributed by atoms with Crippen LogP contribution < -0.4 is 0 Å². The Morgan fingerprint density at radius 1 is 1.69 bits per heavy atom. The van der Waals surface area contributed by atoms with Crippen LogP contribution in [0.15, 0.2) is 12.2 Å². The van der Waals surface area contributed by atoms with Gasteiger partial charge in [-0.3, -0.25) is 9.69 Å². The van der Waals surface area contributed by atoms with Crippen molar-refractivity contribution < 1.29 is 9.90 Å². The number of hydrogen-bond acceptors (Lipinski definition) is 2. The van der Waals surface area contributed by atoms with Gasteiger partial charge in [-0.1, -0.05) is 12.2 Å². The molecule has 3 heteroatoms. The lowest BCUT2D eigenvalue weighted by Crippen LogP contribution is -2.32. The van der Waals surface area contributed by atoms with Crippen LogP contribution in [0.25, 0.3) is 0 Å². The lowest BCUT2D eigenvalue weighted by atomic mass is 10.1. The van der Waals surface area contributed by atoms with Gasteiger partial charge in [0.25, 0.3) is 0 Å². The molecule has 1 saturated heterocycles. The van der Waals surface area contributed by atoms with Gasteiger partial charge in [0.1, 0.15) is 0 Å². The molecule has 3 nitrogen and oxygen atoms in total. The van der Waals surface area contributed by atoms with Crippen molar-refractivity contribution in [2.24, 2.45) is 0 Å². The molecule has 74 valence electrons. The van der Waals surface area contributed by atoms with E-state index in [1.54, 1.807) is 0 Å². The number of aliphatic carboxylic acids is 1. The first-order valence-corrected chi connectivity index (χ1v) is 4.70. The minimum absolute atomic E-state index is 0.231. The van der Waals surface area contributed by atoms with Gasteiger partial charge in [0, 0.05) is 12.6 Å². The highest BCUT2D eigenvalue weighted by atomic mass is 16.4. The first kappa shape index (κ1) is 10.3. The van der Waals surface area contributed by atoms with Crippen LogP contribution in [-0.2, 0) is 4.79 Å².